The van der Waals surface area contributed by atoms with Crippen molar-refractivity contribution in [2.75, 3.05) is 6.54 Å². The number of benzene rings is 2. The second-order valence-electron chi connectivity index (χ2n) is 13.1. The van der Waals surface area contributed by atoms with E-state index >= 15 is 0 Å². The zero-order valence-electron chi connectivity index (χ0n) is 28.4. The van der Waals surface area contributed by atoms with Crippen LogP contribution in [0.25, 0.3) is 21.9 Å². The van der Waals surface area contributed by atoms with Crippen molar-refractivity contribution in [3.63, 3.8) is 0 Å². The molecule has 48 heavy (non-hydrogen) atoms. The van der Waals surface area contributed by atoms with Gasteiger partial charge in [0.1, 0.15) is 11.2 Å². The number of nitrogens with zero attached hydrogens (tertiary/aromatic N) is 1. The summed E-state index contributed by atoms with van der Waals surface area (Å²) in [5, 5.41) is 4.95. The number of para-hydroxylation sites is 1. The Morgan fingerprint density at radius 2 is 1.21 bits per heavy atom. The van der Waals surface area contributed by atoms with Crippen LogP contribution in [-0.2, 0) is 30.4 Å². The number of fused-ring (bicyclic) bond motifs is 2. The highest BCUT2D eigenvalue weighted by molar-refractivity contribution is 6.01. The van der Waals surface area contributed by atoms with Crippen molar-refractivity contribution >= 4 is 45.6 Å². The van der Waals surface area contributed by atoms with Crippen LogP contribution >= 0.6 is 0 Å². The van der Waals surface area contributed by atoms with Crippen molar-refractivity contribution in [1.29, 1.82) is 0 Å². The van der Waals surface area contributed by atoms with Crippen LogP contribution in [0.2, 0.25) is 0 Å². The van der Waals surface area contributed by atoms with Crippen LogP contribution in [0.1, 0.15) is 134 Å². The van der Waals surface area contributed by atoms with Crippen LogP contribution < -0.4 is 10.7 Å². The van der Waals surface area contributed by atoms with E-state index in [4.69, 9.17) is 9.25 Å². The van der Waals surface area contributed by atoms with Gasteiger partial charge in [-0.25, -0.2) is 4.79 Å². The molecule has 0 aliphatic carbocycles. The number of carbonyl (C=O) groups is 4. The zero-order valence-corrected chi connectivity index (χ0v) is 28.4. The summed E-state index contributed by atoms with van der Waals surface area (Å²) in [6.45, 7) is 0.743. The largest absolute Gasteiger partial charge is 0.456 e. The van der Waals surface area contributed by atoms with Crippen molar-refractivity contribution in [1.82, 2.24) is 10.4 Å². The quantitative estimate of drug-likeness (QED) is 0.0617. The minimum atomic E-state index is -0.522. The number of aryl methyl sites for hydroxylation is 1. The normalized spacial score (nSPS) is 13.1. The van der Waals surface area contributed by atoms with Crippen LogP contribution in [0, 0.1) is 0 Å². The molecule has 0 bridgehead atoms. The van der Waals surface area contributed by atoms with Gasteiger partial charge in [0, 0.05) is 32.2 Å². The number of rotatable bonds is 23. The maximum absolute atomic E-state index is 12.9. The highest BCUT2D eigenvalue weighted by Gasteiger charge is 2.32. The molecule has 1 saturated heterocycles. The zero-order chi connectivity index (χ0) is 34.0. The van der Waals surface area contributed by atoms with Gasteiger partial charge in [-0.05, 0) is 61.9 Å². The van der Waals surface area contributed by atoms with E-state index in [1.807, 2.05) is 36.4 Å². The number of nitrogens with one attached hydrogen (secondary N) is 1. The Kier molecular flexibility index (Phi) is 15.6. The molecule has 1 aliphatic heterocycles. The molecule has 1 N–H and O–H groups in total. The summed E-state index contributed by atoms with van der Waals surface area (Å²) in [6, 6.07) is 13.4. The number of hydroxylamine groups is 2. The van der Waals surface area contributed by atoms with Crippen molar-refractivity contribution in [2.24, 2.45) is 0 Å². The monoisotopic (exact) mass is 660 g/mol. The summed E-state index contributed by atoms with van der Waals surface area (Å²) >= 11 is 0. The van der Waals surface area contributed by atoms with Gasteiger partial charge in [0.25, 0.3) is 11.8 Å². The third-order valence-electron chi connectivity index (χ3n) is 9.09. The second kappa shape index (κ2) is 20.4. The Bertz CT molecular complexity index is 1550. The molecule has 260 valence electrons. The second-order valence-corrected chi connectivity index (χ2v) is 13.1. The molecule has 2 aromatic carbocycles. The molecule has 4 rings (SSSR count). The standard InChI is InChI=1S/C39H52N2O7/c42-35(40-28-18-12-8-4-3-7-11-15-23-38(45)48-41-36(43)26-27-37(41)44)22-14-10-6-2-1-5-9-13-19-30-24-25-34-32(29-30)39(46)31-20-16-17-21-33(31)47-34/h16-17,20-21,24-25,29H,1-15,18-19,22-23,26-28H2,(H,40,42). The Morgan fingerprint density at radius 3 is 1.90 bits per heavy atom. The SMILES string of the molecule is O=C(CCCCCCCCCCc1ccc2oc3ccccc3c(=O)c2c1)NCCCCCCCCCCC(=O)ON1C(=O)CCC1=O. The molecule has 0 spiro atoms. The van der Waals surface area contributed by atoms with Gasteiger partial charge in [-0.2, -0.15) is 0 Å². The first-order valence-corrected chi connectivity index (χ1v) is 18.2. The smallest absolute Gasteiger partial charge is 0.333 e. The van der Waals surface area contributed by atoms with E-state index in [0.29, 0.717) is 39.8 Å². The third-order valence-corrected chi connectivity index (χ3v) is 9.09. The van der Waals surface area contributed by atoms with Gasteiger partial charge < -0.3 is 14.6 Å². The van der Waals surface area contributed by atoms with Crippen molar-refractivity contribution in [2.45, 2.75) is 135 Å². The summed E-state index contributed by atoms with van der Waals surface area (Å²) in [5.41, 5.74) is 2.50. The Labute approximate surface area is 283 Å². The molecular weight excluding hydrogens is 608 g/mol. The molecule has 9 heteroatoms. The number of hydrogen-bond acceptors (Lipinski definition) is 7. The van der Waals surface area contributed by atoms with Crippen LogP contribution in [0.15, 0.2) is 51.7 Å². The number of unbranched alkanes of at least 4 members (excludes halogenated alkanes) is 14. The van der Waals surface area contributed by atoms with E-state index in [-0.39, 0.29) is 30.6 Å². The van der Waals surface area contributed by atoms with Gasteiger partial charge in [-0.1, -0.05) is 95.2 Å². The molecule has 3 aromatic rings. The Morgan fingerprint density at radius 1 is 0.646 bits per heavy atom. The first-order valence-electron chi connectivity index (χ1n) is 18.2. The lowest BCUT2D eigenvalue weighted by molar-refractivity contribution is -0.197. The van der Waals surface area contributed by atoms with Gasteiger partial charge in [-0.3, -0.25) is 19.2 Å². The lowest BCUT2D eigenvalue weighted by Crippen LogP contribution is -2.31. The Balaban J connectivity index is 0.893. The predicted molar refractivity (Wildman–Crippen MR) is 187 cm³/mol. The van der Waals surface area contributed by atoms with Crippen molar-refractivity contribution < 1.29 is 28.4 Å². The van der Waals surface area contributed by atoms with Crippen molar-refractivity contribution in [3.8, 4) is 0 Å². The predicted octanol–water partition coefficient (Wildman–Crippen LogP) is 8.23. The maximum Gasteiger partial charge on any atom is 0.333 e. The summed E-state index contributed by atoms with van der Waals surface area (Å²) in [5.74, 6) is -1.25. The van der Waals surface area contributed by atoms with E-state index in [1.165, 1.54) is 37.7 Å². The fourth-order valence-corrected chi connectivity index (χ4v) is 6.26. The molecule has 2 heterocycles. The molecule has 9 nitrogen and oxygen atoms in total. The summed E-state index contributed by atoms with van der Waals surface area (Å²) < 4.78 is 5.91. The first-order chi connectivity index (χ1) is 23.4. The fourth-order valence-electron chi connectivity index (χ4n) is 6.26. The summed E-state index contributed by atoms with van der Waals surface area (Å²) in [7, 11) is 0. The van der Waals surface area contributed by atoms with Gasteiger partial charge in [0.15, 0.2) is 0 Å². The van der Waals surface area contributed by atoms with Gasteiger partial charge in [-0.15, -0.1) is 5.06 Å². The molecule has 1 aromatic heterocycles. The molecule has 3 amide bonds. The molecule has 0 radical (unpaired) electrons. The molecule has 1 fully saturated rings. The minimum Gasteiger partial charge on any atom is -0.456 e. The number of imide groups is 1. The van der Waals surface area contributed by atoms with Crippen LogP contribution in [0.4, 0.5) is 0 Å². The average molecular weight is 661 g/mol. The van der Waals surface area contributed by atoms with E-state index in [9.17, 15) is 24.0 Å². The maximum atomic E-state index is 12.9. The highest BCUT2D eigenvalue weighted by Crippen LogP contribution is 2.21. The number of amides is 3. The topological polar surface area (TPSA) is 123 Å². The molecule has 1 aliphatic rings. The van der Waals surface area contributed by atoms with E-state index in [1.54, 1.807) is 0 Å². The molecule has 0 saturated carbocycles. The van der Waals surface area contributed by atoms with E-state index in [0.717, 1.165) is 77.2 Å². The third kappa shape index (κ3) is 12.2. The fraction of sp³-hybridized carbons (Fsp3) is 0.564. The first kappa shape index (κ1) is 36.8. The molecule has 0 unspecified atom stereocenters. The average Bonchev–Trinajstić information content (AvgIpc) is 3.40. The highest BCUT2D eigenvalue weighted by atomic mass is 16.7. The van der Waals surface area contributed by atoms with Crippen LogP contribution in [0.5, 0.6) is 0 Å². The summed E-state index contributed by atoms with van der Waals surface area (Å²) in [6.07, 6.45) is 19.3. The van der Waals surface area contributed by atoms with Crippen LogP contribution in [-0.4, -0.2) is 35.3 Å². The number of hydrogen-bond donors (Lipinski definition) is 1. The lowest BCUT2D eigenvalue weighted by Gasteiger charge is -2.12. The van der Waals surface area contributed by atoms with Gasteiger partial charge >= 0.3 is 5.97 Å². The lowest BCUT2D eigenvalue weighted by atomic mass is 10.0. The van der Waals surface area contributed by atoms with Crippen molar-refractivity contribution in [3.05, 3.63) is 58.3 Å². The summed E-state index contributed by atoms with van der Waals surface area (Å²) in [4.78, 5) is 64.6. The van der Waals surface area contributed by atoms with Gasteiger partial charge in [0.2, 0.25) is 11.3 Å². The molecular formula is C39H52N2O7. The number of carbonyl (C=O) groups excluding carboxylic acids is 4. The minimum absolute atomic E-state index is 0.0403. The Hall–Kier alpha value is -4.01. The molecule has 0 atom stereocenters. The van der Waals surface area contributed by atoms with Gasteiger partial charge in [0.05, 0.1) is 10.8 Å². The van der Waals surface area contributed by atoms with E-state index in [2.05, 4.69) is 11.4 Å². The van der Waals surface area contributed by atoms with E-state index < -0.39 is 17.8 Å². The van der Waals surface area contributed by atoms with Crippen LogP contribution in [0.3, 0.4) is 0 Å².